The summed E-state index contributed by atoms with van der Waals surface area (Å²) in [7, 11) is -1.67. The number of carbonyl (C=O) groups excluding carboxylic acids is 1. The molecule has 2 rings (SSSR count). The molecule has 1 N–H and O–H groups in total. The molecule has 0 saturated carbocycles. The summed E-state index contributed by atoms with van der Waals surface area (Å²) in [6, 6.07) is 10.5. The second-order valence-corrected chi connectivity index (χ2v) is 10.2. The minimum atomic E-state index is -3.29. The lowest BCUT2D eigenvalue weighted by Crippen LogP contribution is -2.30. The maximum atomic E-state index is 12.2. The van der Waals surface area contributed by atoms with Gasteiger partial charge in [-0.2, -0.15) is 0 Å². The number of amides is 1. The van der Waals surface area contributed by atoms with Crippen LogP contribution in [0.4, 0.5) is 0 Å². The maximum absolute atomic E-state index is 12.2. The van der Waals surface area contributed by atoms with Crippen molar-refractivity contribution in [1.29, 1.82) is 0 Å². The van der Waals surface area contributed by atoms with Crippen molar-refractivity contribution in [2.75, 3.05) is 13.7 Å². The Morgan fingerprint density at radius 1 is 1.15 bits per heavy atom. The summed E-state index contributed by atoms with van der Waals surface area (Å²) in [5.74, 6) is -0.125. The molecule has 142 valence electrons. The standard InChI is InChI=1S/C19H25NO4S2/c1-13(2)26(22,23)16-8-6-15(7-9-16)11-19(21)20-12-17(24-4)18-10-5-14(3)25-18/h5-10,13,17H,11-12H2,1-4H3,(H,20,21). The van der Waals surface area contributed by atoms with E-state index in [4.69, 9.17) is 4.74 Å². The first-order chi connectivity index (χ1) is 12.2. The molecule has 0 radical (unpaired) electrons. The summed E-state index contributed by atoms with van der Waals surface area (Å²) in [6.45, 7) is 5.73. The van der Waals surface area contributed by atoms with E-state index in [0.29, 0.717) is 6.54 Å². The zero-order chi connectivity index (χ0) is 19.3. The van der Waals surface area contributed by atoms with Gasteiger partial charge in [-0.05, 0) is 50.6 Å². The van der Waals surface area contributed by atoms with Crippen LogP contribution in [-0.2, 0) is 25.8 Å². The molecular weight excluding hydrogens is 370 g/mol. The molecule has 1 aromatic heterocycles. The van der Waals surface area contributed by atoms with Gasteiger partial charge in [0.15, 0.2) is 9.84 Å². The first-order valence-electron chi connectivity index (χ1n) is 8.42. The van der Waals surface area contributed by atoms with Crippen LogP contribution >= 0.6 is 11.3 Å². The molecule has 26 heavy (non-hydrogen) atoms. The minimum absolute atomic E-state index is 0.125. The molecule has 1 amide bonds. The quantitative estimate of drug-likeness (QED) is 0.744. The van der Waals surface area contributed by atoms with Crippen LogP contribution < -0.4 is 5.32 Å². The monoisotopic (exact) mass is 395 g/mol. The van der Waals surface area contributed by atoms with Gasteiger partial charge < -0.3 is 10.1 Å². The van der Waals surface area contributed by atoms with Crippen LogP contribution in [0.5, 0.6) is 0 Å². The molecule has 1 unspecified atom stereocenters. The predicted octanol–water partition coefficient (Wildman–Crippen LogP) is 3.29. The van der Waals surface area contributed by atoms with Gasteiger partial charge in [0.25, 0.3) is 0 Å². The summed E-state index contributed by atoms with van der Waals surface area (Å²) >= 11 is 1.65. The molecule has 1 heterocycles. The summed E-state index contributed by atoms with van der Waals surface area (Å²) in [5, 5.41) is 2.41. The first kappa shape index (κ1) is 20.6. The van der Waals surface area contributed by atoms with E-state index in [2.05, 4.69) is 5.32 Å². The van der Waals surface area contributed by atoms with Crippen LogP contribution in [0.3, 0.4) is 0 Å². The second kappa shape index (κ2) is 8.79. The lowest BCUT2D eigenvalue weighted by molar-refractivity contribution is -0.121. The number of sulfone groups is 1. The van der Waals surface area contributed by atoms with E-state index in [1.54, 1.807) is 56.6 Å². The average molecular weight is 396 g/mol. The van der Waals surface area contributed by atoms with E-state index < -0.39 is 15.1 Å². The molecule has 0 fully saturated rings. The van der Waals surface area contributed by atoms with Crippen molar-refractivity contribution in [3.63, 3.8) is 0 Å². The van der Waals surface area contributed by atoms with Crippen molar-refractivity contribution < 1.29 is 17.9 Å². The van der Waals surface area contributed by atoms with Crippen LogP contribution in [0, 0.1) is 6.92 Å². The number of rotatable bonds is 8. The van der Waals surface area contributed by atoms with Gasteiger partial charge >= 0.3 is 0 Å². The lowest BCUT2D eigenvalue weighted by atomic mass is 10.1. The Kier molecular flexibility index (Phi) is 6.97. The van der Waals surface area contributed by atoms with Crippen molar-refractivity contribution in [2.45, 2.75) is 43.4 Å². The number of nitrogens with one attached hydrogen (secondary N) is 1. The Bertz CT molecular complexity index is 839. The molecule has 0 aliphatic rings. The number of carbonyl (C=O) groups is 1. The highest BCUT2D eigenvalue weighted by molar-refractivity contribution is 7.92. The Labute approximate surface area is 159 Å². The van der Waals surface area contributed by atoms with Gasteiger partial charge in [0.2, 0.25) is 5.91 Å². The summed E-state index contributed by atoms with van der Waals surface area (Å²) in [5.41, 5.74) is 0.770. The fourth-order valence-electron chi connectivity index (χ4n) is 2.45. The first-order valence-corrected chi connectivity index (χ1v) is 10.8. The Morgan fingerprint density at radius 2 is 1.81 bits per heavy atom. The Morgan fingerprint density at radius 3 is 2.31 bits per heavy atom. The summed E-state index contributed by atoms with van der Waals surface area (Å²) < 4.78 is 29.7. The molecule has 7 heteroatoms. The highest BCUT2D eigenvalue weighted by Gasteiger charge is 2.19. The van der Waals surface area contributed by atoms with Gasteiger partial charge in [-0.1, -0.05) is 12.1 Å². The Hall–Kier alpha value is -1.70. The fourth-order valence-corrected chi connectivity index (χ4v) is 4.46. The van der Waals surface area contributed by atoms with Gasteiger partial charge in [0.1, 0.15) is 6.10 Å². The largest absolute Gasteiger partial charge is 0.374 e. The van der Waals surface area contributed by atoms with Gasteiger partial charge in [-0.25, -0.2) is 8.42 Å². The summed E-state index contributed by atoms with van der Waals surface area (Å²) in [6.07, 6.45) is 0.0262. The molecule has 0 aliphatic carbocycles. The van der Waals surface area contributed by atoms with E-state index in [0.717, 1.165) is 10.4 Å². The molecule has 2 aromatic rings. The number of hydrogen-bond donors (Lipinski definition) is 1. The number of aryl methyl sites for hydroxylation is 1. The highest BCUT2D eigenvalue weighted by Crippen LogP contribution is 2.24. The molecule has 0 spiro atoms. The Balaban J connectivity index is 1.93. The van der Waals surface area contributed by atoms with Gasteiger partial charge in [-0.15, -0.1) is 11.3 Å². The molecule has 0 aliphatic heterocycles. The maximum Gasteiger partial charge on any atom is 0.224 e. The normalized spacial score (nSPS) is 13.0. The van der Waals surface area contributed by atoms with Crippen LogP contribution in [0.1, 0.15) is 35.3 Å². The van der Waals surface area contributed by atoms with Gasteiger partial charge in [-0.3, -0.25) is 4.79 Å². The zero-order valence-corrected chi connectivity index (χ0v) is 17.1. The molecule has 5 nitrogen and oxygen atoms in total. The second-order valence-electron chi connectivity index (χ2n) is 6.39. The van der Waals surface area contributed by atoms with Crippen molar-refractivity contribution in [2.24, 2.45) is 0 Å². The summed E-state index contributed by atoms with van der Waals surface area (Å²) in [4.78, 5) is 14.7. The van der Waals surface area contributed by atoms with E-state index in [1.807, 2.05) is 19.1 Å². The van der Waals surface area contributed by atoms with E-state index in [-0.39, 0.29) is 23.3 Å². The highest BCUT2D eigenvalue weighted by atomic mass is 32.2. The smallest absolute Gasteiger partial charge is 0.224 e. The van der Waals surface area contributed by atoms with Crippen LogP contribution in [0.15, 0.2) is 41.3 Å². The van der Waals surface area contributed by atoms with Crippen molar-refractivity contribution in [1.82, 2.24) is 5.32 Å². The predicted molar refractivity (Wildman–Crippen MR) is 104 cm³/mol. The fraction of sp³-hybridized carbons (Fsp3) is 0.421. The number of methoxy groups -OCH3 is 1. The average Bonchev–Trinajstić information content (AvgIpc) is 3.02. The topological polar surface area (TPSA) is 72.5 Å². The molecule has 0 saturated heterocycles. The third-order valence-electron chi connectivity index (χ3n) is 4.08. The van der Waals surface area contributed by atoms with Crippen LogP contribution in [0.2, 0.25) is 0 Å². The van der Waals surface area contributed by atoms with E-state index in [1.165, 1.54) is 4.88 Å². The number of benzene rings is 1. The van der Waals surface area contributed by atoms with Gasteiger partial charge in [0.05, 0.1) is 16.6 Å². The van der Waals surface area contributed by atoms with Crippen molar-refractivity contribution in [3.8, 4) is 0 Å². The number of thiophene rings is 1. The SMILES string of the molecule is COC(CNC(=O)Cc1ccc(S(=O)(=O)C(C)C)cc1)c1ccc(C)s1. The molecule has 1 aromatic carbocycles. The minimum Gasteiger partial charge on any atom is -0.374 e. The van der Waals surface area contributed by atoms with E-state index >= 15 is 0 Å². The van der Waals surface area contributed by atoms with Crippen LogP contribution in [-0.4, -0.2) is 33.2 Å². The zero-order valence-electron chi connectivity index (χ0n) is 15.5. The third-order valence-corrected chi connectivity index (χ3v) is 7.35. The van der Waals surface area contributed by atoms with E-state index in [9.17, 15) is 13.2 Å². The van der Waals surface area contributed by atoms with Gasteiger partial charge in [0, 0.05) is 23.4 Å². The van der Waals surface area contributed by atoms with Crippen molar-refractivity contribution in [3.05, 3.63) is 51.7 Å². The van der Waals surface area contributed by atoms with Crippen molar-refractivity contribution >= 4 is 27.1 Å². The molecule has 1 atom stereocenters. The third kappa shape index (κ3) is 5.16. The number of hydrogen-bond acceptors (Lipinski definition) is 5. The lowest BCUT2D eigenvalue weighted by Gasteiger charge is -2.15. The molecule has 0 bridgehead atoms. The molecular formula is C19H25NO4S2. The number of ether oxygens (including phenoxy) is 1. The van der Waals surface area contributed by atoms with Crippen LogP contribution in [0.25, 0.3) is 0 Å².